The summed E-state index contributed by atoms with van der Waals surface area (Å²) < 4.78 is 4.47. The summed E-state index contributed by atoms with van der Waals surface area (Å²) in [7, 11) is 0. The van der Waals surface area contributed by atoms with Crippen LogP contribution in [0.2, 0.25) is 0 Å². The van der Waals surface area contributed by atoms with Crippen LogP contribution in [0.3, 0.4) is 0 Å². The first-order valence-electron chi connectivity index (χ1n) is 2.58. The Morgan fingerprint density at radius 2 is 2.44 bits per heavy atom. The Kier molecular flexibility index (Phi) is 4.53. The van der Waals surface area contributed by atoms with Crippen molar-refractivity contribution in [2.45, 2.75) is 19.4 Å². The Labute approximate surface area is 58.6 Å². The molecule has 3 nitrogen and oxygen atoms in total. The third kappa shape index (κ3) is 5.65. The maximum absolute atomic E-state index is 10.5. The summed E-state index contributed by atoms with van der Waals surface area (Å²) in [4.78, 5) is 10.5. The van der Waals surface area contributed by atoms with Crippen molar-refractivity contribution in [3.63, 3.8) is 0 Å². The summed E-state index contributed by atoms with van der Waals surface area (Å²) in [6.07, 6.45) is 1.12. The van der Waals surface area contributed by atoms with E-state index in [1.165, 1.54) is 0 Å². The molecular formula is C5H10O3S. The van der Waals surface area contributed by atoms with Crippen LogP contribution in [0, 0.1) is 0 Å². The summed E-state index contributed by atoms with van der Waals surface area (Å²) in [5.41, 5.74) is 0. The maximum Gasteiger partial charge on any atom is 0.320 e. The van der Waals surface area contributed by atoms with Gasteiger partial charge in [0.1, 0.15) is 0 Å². The third-order valence-electron chi connectivity index (χ3n) is 0.638. The van der Waals surface area contributed by atoms with E-state index in [-0.39, 0.29) is 12.4 Å². The average molecular weight is 150 g/mol. The molecule has 9 heavy (non-hydrogen) atoms. The van der Waals surface area contributed by atoms with Crippen molar-refractivity contribution in [2.75, 3.05) is 6.26 Å². The highest BCUT2D eigenvalue weighted by atomic mass is 32.2. The van der Waals surface area contributed by atoms with Gasteiger partial charge in [-0.15, -0.1) is 0 Å². The highest BCUT2D eigenvalue weighted by Crippen LogP contribution is 2.00. The standard InChI is InChI=1S/C5H10O3S/c1-4(6)3-5(7)8-9-2/h4,6H,3H2,1-2H3. The van der Waals surface area contributed by atoms with Gasteiger partial charge in [0.25, 0.3) is 0 Å². The second-order valence-corrected chi connectivity index (χ2v) is 2.18. The summed E-state index contributed by atoms with van der Waals surface area (Å²) in [6.45, 7) is 1.54. The van der Waals surface area contributed by atoms with Gasteiger partial charge in [0.15, 0.2) is 0 Å². The van der Waals surface area contributed by atoms with Crippen LogP contribution in [0.1, 0.15) is 13.3 Å². The zero-order valence-corrected chi connectivity index (χ0v) is 6.27. The summed E-state index contributed by atoms with van der Waals surface area (Å²) in [6, 6.07) is 0. The molecule has 0 aromatic carbocycles. The number of hydrogen-bond donors (Lipinski definition) is 1. The van der Waals surface area contributed by atoms with Crippen LogP contribution in [0.4, 0.5) is 0 Å². The van der Waals surface area contributed by atoms with Crippen molar-refractivity contribution < 1.29 is 14.1 Å². The van der Waals surface area contributed by atoms with Crippen LogP contribution >= 0.6 is 12.0 Å². The van der Waals surface area contributed by atoms with E-state index in [1.807, 2.05) is 0 Å². The molecule has 0 aliphatic heterocycles. The van der Waals surface area contributed by atoms with E-state index >= 15 is 0 Å². The van der Waals surface area contributed by atoms with Gasteiger partial charge in [-0.1, -0.05) is 0 Å². The van der Waals surface area contributed by atoms with Crippen LogP contribution < -0.4 is 0 Å². The summed E-state index contributed by atoms with van der Waals surface area (Å²) in [5.74, 6) is -0.377. The quantitative estimate of drug-likeness (QED) is 0.598. The molecule has 1 unspecified atom stereocenters. The van der Waals surface area contributed by atoms with E-state index in [0.29, 0.717) is 0 Å². The van der Waals surface area contributed by atoms with Gasteiger partial charge < -0.3 is 9.29 Å². The third-order valence-corrected chi connectivity index (χ3v) is 0.991. The maximum atomic E-state index is 10.5. The van der Waals surface area contributed by atoms with Gasteiger partial charge >= 0.3 is 5.97 Å². The molecule has 0 amide bonds. The van der Waals surface area contributed by atoms with Crippen LogP contribution in [-0.4, -0.2) is 23.4 Å². The lowest BCUT2D eigenvalue weighted by Crippen LogP contribution is -2.09. The van der Waals surface area contributed by atoms with Crippen molar-refractivity contribution >= 4 is 18.0 Å². The van der Waals surface area contributed by atoms with E-state index in [9.17, 15) is 4.79 Å². The minimum absolute atomic E-state index is 0.0703. The predicted octanol–water partition coefficient (Wildman–Crippen LogP) is 0.579. The highest BCUT2D eigenvalue weighted by molar-refractivity contribution is 7.94. The Morgan fingerprint density at radius 3 is 2.78 bits per heavy atom. The van der Waals surface area contributed by atoms with E-state index in [2.05, 4.69) is 4.18 Å². The Morgan fingerprint density at radius 1 is 1.89 bits per heavy atom. The molecule has 4 heteroatoms. The number of hydrogen-bond acceptors (Lipinski definition) is 4. The van der Waals surface area contributed by atoms with Crippen LogP contribution in [0.5, 0.6) is 0 Å². The minimum atomic E-state index is -0.607. The van der Waals surface area contributed by atoms with E-state index in [1.54, 1.807) is 13.2 Å². The molecular weight excluding hydrogens is 140 g/mol. The second-order valence-electron chi connectivity index (χ2n) is 1.68. The molecule has 0 aliphatic carbocycles. The second kappa shape index (κ2) is 4.64. The fraction of sp³-hybridized carbons (Fsp3) is 0.800. The van der Waals surface area contributed by atoms with Crippen LogP contribution in [0.25, 0.3) is 0 Å². The van der Waals surface area contributed by atoms with Gasteiger partial charge in [-0.05, 0) is 6.92 Å². The van der Waals surface area contributed by atoms with Crippen molar-refractivity contribution in [2.24, 2.45) is 0 Å². The Balaban J connectivity index is 3.27. The largest absolute Gasteiger partial charge is 0.393 e. The molecule has 0 bridgehead atoms. The molecule has 0 aliphatic rings. The molecule has 1 atom stereocenters. The number of aliphatic hydroxyl groups excluding tert-OH is 1. The molecule has 1 N–H and O–H groups in total. The number of carbonyl (C=O) groups is 1. The molecule has 0 spiro atoms. The SMILES string of the molecule is CSOC(=O)CC(C)O. The molecule has 0 heterocycles. The molecule has 0 saturated carbocycles. The number of carbonyl (C=O) groups excluding carboxylic acids is 1. The van der Waals surface area contributed by atoms with Gasteiger partial charge in [0.2, 0.25) is 0 Å². The van der Waals surface area contributed by atoms with Crippen molar-refractivity contribution in [3.8, 4) is 0 Å². The van der Waals surface area contributed by atoms with Gasteiger partial charge in [-0.3, -0.25) is 4.79 Å². The van der Waals surface area contributed by atoms with Crippen molar-refractivity contribution in [3.05, 3.63) is 0 Å². The van der Waals surface area contributed by atoms with Gasteiger partial charge in [0.05, 0.1) is 24.6 Å². The topological polar surface area (TPSA) is 46.5 Å². The first-order valence-corrected chi connectivity index (χ1v) is 3.73. The molecule has 0 aromatic rings. The fourth-order valence-electron chi connectivity index (χ4n) is 0.368. The monoisotopic (exact) mass is 150 g/mol. The molecule has 0 aromatic heterocycles. The van der Waals surface area contributed by atoms with Crippen LogP contribution in [-0.2, 0) is 8.98 Å². The normalized spacial score (nSPS) is 12.8. The zero-order chi connectivity index (χ0) is 7.28. The van der Waals surface area contributed by atoms with E-state index < -0.39 is 6.10 Å². The zero-order valence-electron chi connectivity index (χ0n) is 5.46. The molecule has 0 radical (unpaired) electrons. The first kappa shape index (κ1) is 8.78. The van der Waals surface area contributed by atoms with E-state index in [0.717, 1.165) is 12.0 Å². The smallest absolute Gasteiger partial charge is 0.320 e. The molecule has 0 saturated heterocycles. The number of rotatable bonds is 3. The van der Waals surface area contributed by atoms with Crippen molar-refractivity contribution in [1.29, 1.82) is 0 Å². The van der Waals surface area contributed by atoms with Crippen LogP contribution in [0.15, 0.2) is 0 Å². The molecule has 0 fully saturated rings. The van der Waals surface area contributed by atoms with E-state index in [4.69, 9.17) is 5.11 Å². The molecule has 0 rings (SSSR count). The fourth-order valence-corrected chi connectivity index (χ4v) is 0.622. The van der Waals surface area contributed by atoms with Gasteiger partial charge in [-0.2, -0.15) is 0 Å². The highest BCUT2D eigenvalue weighted by Gasteiger charge is 2.05. The Bertz CT molecular complexity index is 92.2. The molecule has 54 valence electrons. The summed E-state index contributed by atoms with van der Waals surface area (Å²) in [5, 5.41) is 8.64. The van der Waals surface area contributed by atoms with Crippen molar-refractivity contribution in [1.82, 2.24) is 0 Å². The van der Waals surface area contributed by atoms with Gasteiger partial charge in [-0.25, -0.2) is 0 Å². The lowest BCUT2D eigenvalue weighted by molar-refractivity contribution is -0.134. The minimum Gasteiger partial charge on any atom is -0.393 e. The lowest BCUT2D eigenvalue weighted by Gasteiger charge is -2.00. The summed E-state index contributed by atoms with van der Waals surface area (Å²) >= 11 is 0.991. The number of aliphatic hydroxyl groups is 1. The van der Waals surface area contributed by atoms with Gasteiger partial charge in [0, 0.05) is 6.26 Å². The first-order chi connectivity index (χ1) is 4.16. The Hall–Kier alpha value is -0.220. The average Bonchev–Trinajstić information content (AvgIpc) is 1.63. The lowest BCUT2D eigenvalue weighted by atomic mass is 10.3. The predicted molar refractivity (Wildman–Crippen MR) is 35.9 cm³/mol.